The number of aromatic amines is 1. The van der Waals surface area contributed by atoms with E-state index in [4.69, 9.17) is 0 Å². The number of aryl methyl sites for hydroxylation is 1. The zero-order valence-corrected chi connectivity index (χ0v) is 11.1. The number of halogens is 1. The monoisotopic (exact) mass is 259 g/mol. The molecule has 1 N–H and O–H groups in total. The molecule has 1 aromatic heterocycles. The maximum atomic E-state index is 13.6. The molecule has 3 rings (SSSR count). The minimum absolute atomic E-state index is 0.207. The predicted molar refractivity (Wildman–Crippen MR) is 72.3 cm³/mol. The SMILES string of the molecule is Cc1ccc(-c2n[nH]c(C3CCCCC3)n2)cc1F. The number of nitrogens with zero attached hydrogens (tertiary/aromatic N) is 2. The highest BCUT2D eigenvalue weighted by Gasteiger charge is 2.19. The van der Waals surface area contributed by atoms with Crippen molar-refractivity contribution in [2.45, 2.75) is 44.9 Å². The molecule has 1 aliphatic rings. The van der Waals surface area contributed by atoms with Crippen molar-refractivity contribution < 1.29 is 4.39 Å². The van der Waals surface area contributed by atoms with Gasteiger partial charge in [-0.3, -0.25) is 5.10 Å². The van der Waals surface area contributed by atoms with Gasteiger partial charge in [-0.25, -0.2) is 9.37 Å². The summed E-state index contributed by atoms with van der Waals surface area (Å²) in [6, 6.07) is 5.14. The Morgan fingerprint density at radius 3 is 2.74 bits per heavy atom. The fourth-order valence-electron chi connectivity index (χ4n) is 2.69. The molecule has 1 saturated carbocycles. The van der Waals surface area contributed by atoms with Crippen LogP contribution in [0.4, 0.5) is 4.39 Å². The van der Waals surface area contributed by atoms with Crippen LogP contribution in [0, 0.1) is 12.7 Å². The van der Waals surface area contributed by atoms with E-state index in [0.29, 0.717) is 17.3 Å². The van der Waals surface area contributed by atoms with E-state index < -0.39 is 0 Å². The van der Waals surface area contributed by atoms with Crippen LogP contribution in [-0.4, -0.2) is 15.2 Å². The molecule has 3 nitrogen and oxygen atoms in total. The van der Waals surface area contributed by atoms with E-state index in [1.165, 1.54) is 38.2 Å². The van der Waals surface area contributed by atoms with Gasteiger partial charge >= 0.3 is 0 Å². The lowest BCUT2D eigenvalue weighted by atomic mass is 9.89. The standard InChI is InChI=1S/C15H18FN3/c1-10-7-8-12(9-13(10)16)15-17-14(18-19-15)11-5-3-2-4-6-11/h7-9,11H,2-6H2,1H3,(H,17,18,19). The largest absolute Gasteiger partial charge is 0.262 e. The quantitative estimate of drug-likeness (QED) is 0.886. The molecule has 1 aliphatic carbocycles. The summed E-state index contributed by atoms with van der Waals surface area (Å²) in [4.78, 5) is 4.54. The molecule has 0 radical (unpaired) electrons. The highest BCUT2D eigenvalue weighted by Crippen LogP contribution is 2.31. The number of hydrogen-bond acceptors (Lipinski definition) is 2. The van der Waals surface area contributed by atoms with E-state index in [1.54, 1.807) is 13.0 Å². The second kappa shape index (κ2) is 5.11. The molecule has 0 bridgehead atoms. The Balaban J connectivity index is 1.85. The van der Waals surface area contributed by atoms with E-state index in [0.717, 1.165) is 11.4 Å². The van der Waals surface area contributed by atoms with Crippen LogP contribution in [0.25, 0.3) is 11.4 Å². The van der Waals surface area contributed by atoms with E-state index in [2.05, 4.69) is 15.2 Å². The molecule has 0 aliphatic heterocycles. The summed E-state index contributed by atoms with van der Waals surface area (Å²) in [6.45, 7) is 1.75. The van der Waals surface area contributed by atoms with Crippen LogP contribution in [0.15, 0.2) is 18.2 Å². The Kier molecular flexibility index (Phi) is 3.32. The number of benzene rings is 1. The van der Waals surface area contributed by atoms with Gasteiger partial charge in [0.05, 0.1) is 0 Å². The molecule has 0 amide bonds. The molecule has 1 aromatic carbocycles. The molecule has 2 aromatic rings. The molecule has 0 spiro atoms. The second-order valence-electron chi connectivity index (χ2n) is 5.34. The first-order valence-electron chi connectivity index (χ1n) is 6.93. The molecule has 19 heavy (non-hydrogen) atoms. The molecule has 0 atom stereocenters. The smallest absolute Gasteiger partial charge is 0.181 e. The van der Waals surface area contributed by atoms with Crippen LogP contribution >= 0.6 is 0 Å². The van der Waals surface area contributed by atoms with Crippen LogP contribution in [0.3, 0.4) is 0 Å². The van der Waals surface area contributed by atoms with Gasteiger partial charge in [0.25, 0.3) is 0 Å². The number of hydrogen-bond donors (Lipinski definition) is 1. The predicted octanol–water partition coefficient (Wildman–Crippen LogP) is 3.97. The molecular formula is C15H18FN3. The van der Waals surface area contributed by atoms with Crippen LogP contribution in [0.5, 0.6) is 0 Å². The Labute approximate surface area is 112 Å². The van der Waals surface area contributed by atoms with E-state index >= 15 is 0 Å². The maximum Gasteiger partial charge on any atom is 0.181 e. The van der Waals surface area contributed by atoms with Crippen molar-refractivity contribution in [3.05, 3.63) is 35.4 Å². The lowest BCUT2D eigenvalue weighted by Gasteiger charge is -2.18. The lowest BCUT2D eigenvalue weighted by Crippen LogP contribution is -2.06. The molecule has 1 fully saturated rings. The van der Waals surface area contributed by atoms with E-state index in [9.17, 15) is 4.39 Å². The van der Waals surface area contributed by atoms with Crippen LogP contribution in [0.2, 0.25) is 0 Å². The Morgan fingerprint density at radius 2 is 2.00 bits per heavy atom. The van der Waals surface area contributed by atoms with Crippen LogP contribution < -0.4 is 0 Å². The van der Waals surface area contributed by atoms with Gasteiger partial charge in [-0.1, -0.05) is 31.4 Å². The van der Waals surface area contributed by atoms with Crippen molar-refractivity contribution in [2.75, 3.05) is 0 Å². The normalized spacial score (nSPS) is 16.7. The highest BCUT2D eigenvalue weighted by molar-refractivity contribution is 5.55. The second-order valence-corrected chi connectivity index (χ2v) is 5.34. The summed E-state index contributed by atoms with van der Waals surface area (Å²) in [5.74, 6) is 1.84. The first-order valence-corrected chi connectivity index (χ1v) is 6.93. The van der Waals surface area contributed by atoms with Crippen molar-refractivity contribution in [3.63, 3.8) is 0 Å². The zero-order chi connectivity index (χ0) is 13.2. The average Bonchev–Trinajstić information content (AvgIpc) is 2.93. The maximum absolute atomic E-state index is 13.6. The van der Waals surface area contributed by atoms with Gasteiger partial charge in [-0.2, -0.15) is 5.10 Å². The van der Waals surface area contributed by atoms with Crippen LogP contribution in [-0.2, 0) is 0 Å². The Hall–Kier alpha value is -1.71. The van der Waals surface area contributed by atoms with Gasteiger partial charge < -0.3 is 0 Å². The Morgan fingerprint density at radius 1 is 1.21 bits per heavy atom. The Bertz CT molecular complexity index is 571. The molecule has 4 heteroatoms. The summed E-state index contributed by atoms with van der Waals surface area (Å²) in [5.41, 5.74) is 1.38. The summed E-state index contributed by atoms with van der Waals surface area (Å²) in [5, 5.41) is 7.25. The van der Waals surface area contributed by atoms with E-state index in [-0.39, 0.29) is 5.82 Å². The minimum Gasteiger partial charge on any atom is -0.262 e. The van der Waals surface area contributed by atoms with Gasteiger partial charge in [0.1, 0.15) is 11.6 Å². The third-order valence-corrected chi connectivity index (χ3v) is 3.92. The number of nitrogens with one attached hydrogen (secondary N) is 1. The summed E-state index contributed by atoms with van der Waals surface area (Å²) >= 11 is 0. The van der Waals surface area contributed by atoms with Gasteiger partial charge in [0, 0.05) is 11.5 Å². The van der Waals surface area contributed by atoms with Gasteiger partial charge in [0.2, 0.25) is 0 Å². The fraction of sp³-hybridized carbons (Fsp3) is 0.467. The number of H-pyrrole nitrogens is 1. The van der Waals surface area contributed by atoms with Crippen molar-refractivity contribution in [3.8, 4) is 11.4 Å². The minimum atomic E-state index is -0.207. The molecule has 0 unspecified atom stereocenters. The van der Waals surface area contributed by atoms with Crippen molar-refractivity contribution in [1.82, 2.24) is 15.2 Å². The molecule has 100 valence electrons. The summed E-state index contributed by atoms with van der Waals surface area (Å²) in [7, 11) is 0. The zero-order valence-electron chi connectivity index (χ0n) is 11.1. The van der Waals surface area contributed by atoms with Crippen molar-refractivity contribution in [1.29, 1.82) is 0 Å². The first-order chi connectivity index (χ1) is 9.24. The number of rotatable bonds is 2. The third kappa shape index (κ3) is 2.53. The van der Waals surface area contributed by atoms with Crippen molar-refractivity contribution in [2.24, 2.45) is 0 Å². The highest BCUT2D eigenvalue weighted by atomic mass is 19.1. The average molecular weight is 259 g/mol. The van der Waals surface area contributed by atoms with Gasteiger partial charge in [0.15, 0.2) is 5.82 Å². The lowest BCUT2D eigenvalue weighted by molar-refractivity contribution is 0.429. The summed E-state index contributed by atoms with van der Waals surface area (Å²) in [6.07, 6.45) is 6.20. The summed E-state index contributed by atoms with van der Waals surface area (Å²) < 4.78 is 13.6. The number of aromatic nitrogens is 3. The van der Waals surface area contributed by atoms with Gasteiger partial charge in [-0.05, 0) is 31.4 Å². The van der Waals surface area contributed by atoms with Gasteiger partial charge in [-0.15, -0.1) is 0 Å². The molecule has 0 saturated heterocycles. The molecular weight excluding hydrogens is 241 g/mol. The van der Waals surface area contributed by atoms with Crippen LogP contribution in [0.1, 0.15) is 49.4 Å². The van der Waals surface area contributed by atoms with Crippen molar-refractivity contribution >= 4 is 0 Å². The topological polar surface area (TPSA) is 41.6 Å². The fourth-order valence-corrected chi connectivity index (χ4v) is 2.69. The first kappa shape index (κ1) is 12.3. The van der Waals surface area contributed by atoms with E-state index in [1.807, 2.05) is 6.07 Å². The third-order valence-electron chi connectivity index (χ3n) is 3.92. The molecule has 1 heterocycles.